The summed E-state index contributed by atoms with van der Waals surface area (Å²) in [4.78, 5) is 22.7. The number of nitro benzene ring substituents is 1. The van der Waals surface area contributed by atoms with E-state index in [1.807, 2.05) is 0 Å². The lowest BCUT2D eigenvalue weighted by molar-refractivity contribution is -0.384. The molecular weight excluding hydrogens is 358 g/mol. The van der Waals surface area contributed by atoms with Gasteiger partial charge in [0.15, 0.2) is 9.84 Å². The lowest BCUT2D eigenvalue weighted by Gasteiger charge is -2.20. The number of nitro groups is 1. The Kier molecular flexibility index (Phi) is 5.17. The van der Waals surface area contributed by atoms with Crippen molar-refractivity contribution in [3.05, 3.63) is 28.3 Å². The van der Waals surface area contributed by atoms with Crippen LogP contribution >= 0.6 is 0 Å². The molecule has 142 valence electrons. The van der Waals surface area contributed by atoms with E-state index in [0.717, 1.165) is 31.6 Å². The zero-order valence-electron chi connectivity index (χ0n) is 14.6. The minimum Gasteiger partial charge on any atom is -0.378 e. The van der Waals surface area contributed by atoms with Crippen LogP contribution in [-0.4, -0.2) is 38.6 Å². The van der Waals surface area contributed by atoms with Crippen molar-refractivity contribution in [1.29, 1.82) is 0 Å². The fourth-order valence-electron chi connectivity index (χ4n) is 4.12. The number of amides is 1. The molecule has 3 atom stereocenters. The van der Waals surface area contributed by atoms with E-state index in [2.05, 4.69) is 10.6 Å². The van der Waals surface area contributed by atoms with Gasteiger partial charge in [0.25, 0.3) is 5.69 Å². The molecular formula is C17H23N3O5S. The smallest absolute Gasteiger partial charge is 0.293 e. The van der Waals surface area contributed by atoms with E-state index in [9.17, 15) is 23.3 Å². The monoisotopic (exact) mass is 381 g/mol. The third-order valence-corrected chi connectivity index (χ3v) is 6.52. The average Bonchev–Trinajstić information content (AvgIpc) is 3.20. The van der Waals surface area contributed by atoms with E-state index in [4.69, 9.17) is 0 Å². The number of hydrogen-bond acceptors (Lipinski definition) is 6. The van der Waals surface area contributed by atoms with Gasteiger partial charge in [0.2, 0.25) is 5.91 Å². The van der Waals surface area contributed by atoms with Gasteiger partial charge in [-0.2, -0.15) is 0 Å². The highest BCUT2D eigenvalue weighted by Crippen LogP contribution is 2.48. The van der Waals surface area contributed by atoms with Gasteiger partial charge in [-0.05, 0) is 43.2 Å². The summed E-state index contributed by atoms with van der Waals surface area (Å²) < 4.78 is 23.1. The number of rotatable bonds is 7. The molecule has 2 N–H and O–H groups in total. The maximum Gasteiger partial charge on any atom is 0.293 e. The number of sulfone groups is 1. The van der Waals surface area contributed by atoms with Crippen molar-refractivity contribution in [3.63, 3.8) is 0 Å². The molecule has 8 nitrogen and oxygen atoms in total. The van der Waals surface area contributed by atoms with Gasteiger partial charge in [0, 0.05) is 31.3 Å². The van der Waals surface area contributed by atoms with Crippen LogP contribution in [0.15, 0.2) is 23.1 Å². The minimum atomic E-state index is -3.52. The van der Waals surface area contributed by atoms with Gasteiger partial charge >= 0.3 is 0 Å². The van der Waals surface area contributed by atoms with Gasteiger partial charge in [-0.1, -0.05) is 6.42 Å². The summed E-state index contributed by atoms with van der Waals surface area (Å²) in [6.45, 7) is 0.684. The van der Waals surface area contributed by atoms with Crippen molar-refractivity contribution in [3.8, 4) is 0 Å². The molecule has 0 spiro atoms. The van der Waals surface area contributed by atoms with Gasteiger partial charge in [0.1, 0.15) is 5.69 Å². The van der Waals surface area contributed by atoms with Gasteiger partial charge in [-0.3, -0.25) is 14.9 Å². The van der Waals surface area contributed by atoms with Crippen LogP contribution in [0, 0.1) is 27.9 Å². The molecule has 2 aliphatic carbocycles. The fraction of sp³-hybridized carbons (Fsp3) is 0.588. The van der Waals surface area contributed by atoms with E-state index in [1.165, 1.54) is 18.6 Å². The van der Waals surface area contributed by atoms with Crippen molar-refractivity contribution in [2.24, 2.45) is 17.8 Å². The molecule has 2 saturated carbocycles. The highest BCUT2D eigenvalue weighted by atomic mass is 32.2. The summed E-state index contributed by atoms with van der Waals surface area (Å²) in [5.41, 5.74) is -0.0658. The van der Waals surface area contributed by atoms with Crippen LogP contribution in [-0.2, 0) is 14.6 Å². The van der Waals surface area contributed by atoms with Gasteiger partial charge in [-0.15, -0.1) is 0 Å². The first-order valence-electron chi connectivity index (χ1n) is 8.76. The number of anilines is 1. The molecule has 26 heavy (non-hydrogen) atoms. The number of benzene rings is 1. The topological polar surface area (TPSA) is 118 Å². The van der Waals surface area contributed by atoms with Crippen molar-refractivity contribution in [1.82, 2.24) is 5.32 Å². The Morgan fingerprint density at radius 3 is 2.62 bits per heavy atom. The Hall–Kier alpha value is -2.16. The van der Waals surface area contributed by atoms with Gasteiger partial charge < -0.3 is 10.6 Å². The van der Waals surface area contributed by atoms with E-state index in [-0.39, 0.29) is 28.1 Å². The van der Waals surface area contributed by atoms with E-state index in [0.29, 0.717) is 24.9 Å². The maximum absolute atomic E-state index is 12.3. The molecule has 1 amide bonds. The number of carbonyl (C=O) groups is 1. The second-order valence-corrected chi connectivity index (χ2v) is 9.22. The first kappa shape index (κ1) is 18.6. The molecule has 0 radical (unpaired) electrons. The van der Waals surface area contributed by atoms with Crippen LogP contribution in [0.1, 0.15) is 25.7 Å². The van der Waals surface area contributed by atoms with Crippen molar-refractivity contribution >= 4 is 27.1 Å². The lowest BCUT2D eigenvalue weighted by Crippen LogP contribution is -2.36. The SMILES string of the molecule is CS(=O)(=O)c1ccc(NCCNC(=O)[C@@H]2C[C@H]3CC[C@H]2C3)c([N+](=O)[O-])c1. The largest absolute Gasteiger partial charge is 0.378 e. The van der Waals surface area contributed by atoms with Gasteiger partial charge in [0.05, 0.1) is 9.82 Å². The van der Waals surface area contributed by atoms with Crippen LogP contribution in [0.5, 0.6) is 0 Å². The Morgan fingerprint density at radius 1 is 1.27 bits per heavy atom. The number of nitrogens with zero attached hydrogens (tertiary/aromatic N) is 1. The predicted octanol–water partition coefficient (Wildman–Crippen LogP) is 1.96. The molecule has 1 aromatic rings. The summed E-state index contributed by atoms with van der Waals surface area (Å²) >= 11 is 0. The fourth-order valence-corrected chi connectivity index (χ4v) is 4.76. The number of carbonyl (C=O) groups excluding carboxylic acids is 1. The Balaban J connectivity index is 1.54. The first-order valence-corrected chi connectivity index (χ1v) is 10.6. The number of hydrogen-bond donors (Lipinski definition) is 2. The molecule has 0 unspecified atom stereocenters. The normalized spacial score (nSPS) is 24.4. The Bertz CT molecular complexity index is 824. The lowest BCUT2D eigenvalue weighted by atomic mass is 9.88. The highest BCUT2D eigenvalue weighted by molar-refractivity contribution is 7.90. The van der Waals surface area contributed by atoms with Crippen LogP contribution in [0.4, 0.5) is 11.4 Å². The van der Waals surface area contributed by atoms with Crippen LogP contribution in [0.3, 0.4) is 0 Å². The molecule has 0 heterocycles. The Labute approximate surface area is 152 Å². The molecule has 9 heteroatoms. The van der Waals surface area contributed by atoms with E-state index in [1.54, 1.807) is 0 Å². The number of fused-ring (bicyclic) bond motifs is 2. The maximum atomic E-state index is 12.3. The minimum absolute atomic E-state index is 0.0703. The second kappa shape index (κ2) is 7.22. The summed E-state index contributed by atoms with van der Waals surface area (Å²) in [7, 11) is -3.52. The molecule has 1 aromatic carbocycles. The molecule has 2 aliphatic rings. The third kappa shape index (κ3) is 3.98. The zero-order valence-corrected chi connectivity index (χ0v) is 15.4. The van der Waals surface area contributed by atoms with Crippen molar-refractivity contribution < 1.29 is 18.1 Å². The highest BCUT2D eigenvalue weighted by Gasteiger charge is 2.42. The predicted molar refractivity (Wildman–Crippen MR) is 96.6 cm³/mol. The summed E-state index contributed by atoms with van der Waals surface area (Å²) in [5, 5.41) is 17.0. The van der Waals surface area contributed by atoms with Crippen molar-refractivity contribution in [2.45, 2.75) is 30.6 Å². The standard InChI is InChI=1S/C17H23N3O5S/c1-26(24,25)13-4-5-15(16(10-13)20(22)23)18-6-7-19-17(21)14-9-11-2-3-12(14)8-11/h4-5,10-12,14,18H,2-3,6-9H2,1H3,(H,19,21)/t11-,12-,14+/m0/s1. The van der Waals surface area contributed by atoms with E-state index < -0.39 is 14.8 Å². The first-order chi connectivity index (χ1) is 12.3. The second-order valence-electron chi connectivity index (χ2n) is 7.21. The van der Waals surface area contributed by atoms with Crippen LogP contribution < -0.4 is 10.6 Å². The summed E-state index contributed by atoms with van der Waals surface area (Å²) in [5.74, 6) is 1.39. The summed E-state index contributed by atoms with van der Waals surface area (Å²) in [6, 6.07) is 3.76. The molecule has 0 aromatic heterocycles. The van der Waals surface area contributed by atoms with E-state index >= 15 is 0 Å². The van der Waals surface area contributed by atoms with Crippen LogP contribution in [0.2, 0.25) is 0 Å². The molecule has 3 rings (SSSR count). The zero-order chi connectivity index (χ0) is 18.9. The average molecular weight is 381 g/mol. The van der Waals surface area contributed by atoms with Crippen LogP contribution in [0.25, 0.3) is 0 Å². The Morgan fingerprint density at radius 2 is 2.04 bits per heavy atom. The molecule has 0 aliphatic heterocycles. The van der Waals surface area contributed by atoms with Crippen molar-refractivity contribution in [2.75, 3.05) is 24.7 Å². The molecule has 2 bridgehead atoms. The third-order valence-electron chi connectivity index (χ3n) is 5.41. The van der Waals surface area contributed by atoms with Gasteiger partial charge in [-0.25, -0.2) is 8.42 Å². The molecule has 0 saturated heterocycles. The quantitative estimate of drug-likeness (QED) is 0.423. The summed E-state index contributed by atoms with van der Waals surface area (Å²) in [6.07, 6.45) is 5.52. The number of nitrogens with one attached hydrogen (secondary N) is 2. The molecule has 2 fully saturated rings.